The van der Waals surface area contributed by atoms with Crippen molar-refractivity contribution in [1.82, 2.24) is 0 Å². The van der Waals surface area contributed by atoms with Gasteiger partial charge in [0.25, 0.3) is 0 Å². The number of alkyl halides is 1. The Morgan fingerprint density at radius 3 is 0.812 bits per heavy atom. The third kappa shape index (κ3) is 30.6. The summed E-state index contributed by atoms with van der Waals surface area (Å²) in [6, 6.07) is 0. The summed E-state index contributed by atoms with van der Waals surface area (Å²) in [6.07, 6.45) is 0. The molecule has 0 N–H and O–H groups in total. The molecule has 32 heavy (non-hydrogen) atoms. The molecular formula is C21H45IO9Si. The quantitative estimate of drug-likeness (QED) is 0.0615. The second-order valence-corrected chi connectivity index (χ2v) is 13.1. The van der Waals surface area contributed by atoms with Gasteiger partial charge in [0, 0.05) is 4.43 Å². The Labute approximate surface area is 209 Å². The lowest BCUT2D eigenvalue weighted by molar-refractivity contribution is -0.0233. The number of ether oxygens (including phenoxy) is 8. The molecule has 0 bridgehead atoms. The second kappa shape index (κ2) is 26.2. The van der Waals surface area contributed by atoms with E-state index < -0.39 is 8.32 Å². The standard InChI is InChI=1S/C21H45IO9Si/c1-32(2,3)31-21-20-30-19-18-29-17-16-28-15-14-27-13-12-26-11-10-25-9-8-24-7-6-23-5-4-22/h4-21H2,1-3H3. The molecule has 194 valence electrons. The minimum absolute atomic E-state index is 0.541. The van der Waals surface area contributed by atoms with Crippen molar-refractivity contribution < 1.29 is 42.3 Å². The van der Waals surface area contributed by atoms with E-state index in [2.05, 4.69) is 42.2 Å². The van der Waals surface area contributed by atoms with Gasteiger partial charge in [0.15, 0.2) is 8.32 Å². The zero-order valence-electron chi connectivity index (χ0n) is 20.3. The van der Waals surface area contributed by atoms with Crippen molar-refractivity contribution in [2.45, 2.75) is 19.6 Å². The van der Waals surface area contributed by atoms with E-state index in [0.717, 1.165) is 11.0 Å². The van der Waals surface area contributed by atoms with Crippen molar-refractivity contribution >= 4 is 30.9 Å². The van der Waals surface area contributed by atoms with Gasteiger partial charge in [0.1, 0.15) is 0 Å². The third-order valence-corrected chi connectivity index (χ3v) is 5.10. The maximum absolute atomic E-state index is 5.70. The summed E-state index contributed by atoms with van der Waals surface area (Å²) in [7, 11) is -1.43. The zero-order valence-corrected chi connectivity index (χ0v) is 23.4. The Balaban J connectivity index is 3.02. The molecule has 0 amide bonds. The number of halogens is 1. The number of rotatable bonds is 27. The van der Waals surface area contributed by atoms with Gasteiger partial charge in [0.2, 0.25) is 0 Å². The predicted molar refractivity (Wildman–Crippen MR) is 135 cm³/mol. The van der Waals surface area contributed by atoms with Crippen molar-refractivity contribution in [3.05, 3.63) is 0 Å². The highest BCUT2D eigenvalue weighted by molar-refractivity contribution is 14.1. The highest BCUT2D eigenvalue weighted by Gasteiger charge is 2.12. The number of hydrogen-bond acceptors (Lipinski definition) is 9. The van der Waals surface area contributed by atoms with E-state index in [1.54, 1.807) is 0 Å². The average molecular weight is 597 g/mol. The Hall–Kier alpha value is 0.587. The molecule has 0 atom stereocenters. The molecule has 9 nitrogen and oxygen atoms in total. The summed E-state index contributed by atoms with van der Waals surface area (Å²) in [4.78, 5) is 0. The van der Waals surface area contributed by atoms with Crippen molar-refractivity contribution in [2.24, 2.45) is 0 Å². The molecule has 0 spiro atoms. The summed E-state index contributed by atoms with van der Waals surface area (Å²) < 4.78 is 50.1. The van der Waals surface area contributed by atoms with Crippen molar-refractivity contribution in [3.8, 4) is 0 Å². The molecular weight excluding hydrogens is 551 g/mol. The lowest BCUT2D eigenvalue weighted by Gasteiger charge is -2.16. The Morgan fingerprint density at radius 2 is 0.594 bits per heavy atom. The fourth-order valence-corrected chi connectivity index (χ4v) is 3.11. The van der Waals surface area contributed by atoms with Crippen LogP contribution in [-0.2, 0) is 42.3 Å². The van der Waals surface area contributed by atoms with Crippen LogP contribution in [0.4, 0.5) is 0 Å². The molecule has 0 aliphatic rings. The van der Waals surface area contributed by atoms with Crippen LogP contribution in [0, 0.1) is 0 Å². The highest BCUT2D eigenvalue weighted by Crippen LogP contribution is 2.01. The first-order chi connectivity index (χ1) is 15.6. The van der Waals surface area contributed by atoms with E-state index in [4.69, 9.17) is 42.3 Å². The molecule has 0 aromatic heterocycles. The fraction of sp³-hybridized carbons (Fsp3) is 1.00. The molecule has 0 aliphatic heterocycles. The summed E-state index contributed by atoms with van der Waals surface area (Å²) in [5, 5.41) is 0. The Morgan fingerprint density at radius 1 is 0.375 bits per heavy atom. The van der Waals surface area contributed by atoms with Crippen LogP contribution in [-0.4, -0.2) is 125 Å². The summed E-state index contributed by atoms with van der Waals surface area (Å²) in [5.74, 6) is 0. The average Bonchev–Trinajstić information content (AvgIpc) is 2.75. The van der Waals surface area contributed by atoms with Crippen molar-refractivity contribution in [3.63, 3.8) is 0 Å². The molecule has 0 unspecified atom stereocenters. The van der Waals surface area contributed by atoms with E-state index in [-0.39, 0.29) is 0 Å². The summed E-state index contributed by atoms with van der Waals surface area (Å²) in [5.41, 5.74) is 0. The van der Waals surface area contributed by atoms with Gasteiger partial charge in [0.05, 0.1) is 112 Å². The van der Waals surface area contributed by atoms with E-state index in [1.165, 1.54) is 0 Å². The molecule has 0 fully saturated rings. The van der Waals surface area contributed by atoms with Gasteiger partial charge in [-0.2, -0.15) is 0 Å². The first kappa shape index (κ1) is 32.6. The predicted octanol–water partition coefficient (Wildman–Crippen LogP) is 2.41. The van der Waals surface area contributed by atoms with Crippen molar-refractivity contribution in [1.29, 1.82) is 0 Å². The topological polar surface area (TPSA) is 83.1 Å². The minimum Gasteiger partial charge on any atom is -0.415 e. The lowest BCUT2D eigenvalue weighted by Crippen LogP contribution is -2.27. The fourth-order valence-electron chi connectivity index (χ4n) is 2.10. The van der Waals surface area contributed by atoms with Crippen LogP contribution in [0.1, 0.15) is 0 Å². The van der Waals surface area contributed by atoms with Crippen LogP contribution >= 0.6 is 22.6 Å². The molecule has 0 heterocycles. The zero-order chi connectivity index (χ0) is 23.6. The molecule has 0 radical (unpaired) electrons. The first-order valence-corrected chi connectivity index (χ1v) is 16.3. The molecule has 0 saturated heterocycles. The molecule has 0 aliphatic carbocycles. The highest BCUT2D eigenvalue weighted by atomic mass is 127. The minimum atomic E-state index is -1.43. The Kier molecular flexibility index (Phi) is 26.7. The van der Waals surface area contributed by atoms with Gasteiger partial charge in [-0.15, -0.1) is 0 Å². The second-order valence-electron chi connectivity index (χ2n) is 7.55. The SMILES string of the molecule is C[Si](C)(C)OCCOCCOCCOCCOCCOCCOCCOCCOCCI. The molecule has 0 saturated carbocycles. The van der Waals surface area contributed by atoms with Gasteiger partial charge >= 0.3 is 0 Å². The molecule has 0 aromatic carbocycles. The Bertz CT molecular complexity index is 363. The van der Waals surface area contributed by atoms with Crippen LogP contribution in [0.2, 0.25) is 19.6 Å². The molecule has 0 aromatic rings. The van der Waals surface area contributed by atoms with E-state index in [9.17, 15) is 0 Å². The maximum atomic E-state index is 5.70. The van der Waals surface area contributed by atoms with Gasteiger partial charge in [-0.25, -0.2) is 0 Å². The van der Waals surface area contributed by atoms with Gasteiger partial charge < -0.3 is 42.3 Å². The number of hydrogen-bond donors (Lipinski definition) is 0. The van der Waals surface area contributed by atoms with E-state index in [0.29, 0.717) is 106 Å². The van der Waals surface area contributed by atoms with Gasteiger partial charge in [-0.05, 0) is 19.6 Å². The smallest absolute Gasteiger partial charge is 0.183 e. The van der Waals surface area contributed by atoms with Crippen molar-refractivity contribution in [2.75, 3.05) is 117 Å². The van der Waals surface area contributed by atoms with Gasteiger partial charge in [-0.3, -0.25) is 0 Å². The largest absolute Gasteiger partial charge is 0.415 e. The molecule has 11 heteroatoms. The van der Waals surface area contributed by atoms with Crippen LogP contribution in [0.3, 0.4) is 0 Å². The summed E-state index contributed by atoms with van der Waals surface area (Å²) in [6.45, 7) is 16.4. The third-order valence-electron chi connectivity index (χ3n) is 3.59. The van der Waals surface area contributed by atoms with Crippen LogP contribution < -0.4 is 0 Å². The van der Waals surface area contributed by atoms with Crippen LogP contribution in [0.25, 0.3) is 0 Å². The monoisotopic (exact) mass is 596 g/mol. The van der Waals surface area contributed by atoms with Crippen LogP contribution in [0.5, 0.6) is 0 Å². The van der Waals surface area contributed by atoms with E-state index in [1.807, 2.05) is 0 Å². The van der Waals surface area contributed by atoms with Crippen LogP contribution in [0.15, 0.2) is 0 Å². The first-order valence-electron chi connectivity index (χ1n) is 11.4. The lowest BCUT2D eigenvalue weighted by atomic mass is 10.6. The normalized spacial score (nSPS) is 12.0. The van der Waals surface area contributed by atoms with Gasteiger partial charge in [-0.1, -0.05) is 22.6 Å². The van der Waals surface area contributed by atoms with E-state index >= 15 is 0 Å². The summed E-state index contributed by atoms with van der Waals surface area (Å²) >= 11 is 2.28. The molecule has 0 rings (SSSR count). The maximum Gasteiger partial charge on any atom is 0.183 e.